The van der Waals surface area contributed by atoms with Gasteiger partial charge in [-0.1, -0.05) is 19.1 Å². The fraction of sp³-hybridized carbons (Fsp3) is 0.571. The van der Waals surface area contributed by atoms with Crippen LogP contribution in [0.25, 0.3) is 0 Å². The topological polar surface area (TPSA) is 81.8 Å². The van der Waals surface area contributed by atoms with E-state index in [9.17, 15) is 14.4 Å². The van der Waals surface area contributed by atoms with Gasteiger partial charge in [-0.25, -0.2) is 0 Å². The fourth-order valence-corrected chi connectivity index (χ4v) is 3.92. The number of amides is 3. The van der Waals surface area contributed by atoms with Crippen LogP contribution in [0.2, 0.25) is 0 Å². The molecule has 0 aliphatic carbocycles. The quantitative estimate of drug-likeness (QED) is 0.702. The first-order chi connectivity index (χ1) is 13.5. The molecule has 28 heavy (non-hydrogen) atoms. The van der Waals surface area contributed by atoms with Gasteiger partial charge < -0.3 is 20.4 Å². The number of para-hydroxylation sites is 2. The van der Waals surface area contributed by atoms with E-state index in [2.05, 4.69) is 22.5 Å². The van der Waals surface area contributed by atoms with Crippen molar-refractivity contribution in [2.45, 2.75) is 39.0 Å². The summed E-state index contributed by atoms with van der Waals surface area (Å²) in [4.78, 5) is 40.3. The second kappa shape index (κ2) is 9.68. The molecular weight excluding hydrogens is 356 g/mol. The van der Waals surface area contributed by atoms with Gasteiger partial charge in [-0.3, -0.25) is 14.4 Å². The van der Waals surface area contributed by atoms with Gasteiger partial charge in [0.25, 0.3) is 0 Å². The molecule has 152 valence electrons. The molecule has 0 saturated carbocycles. The van der Waals surface area contributed by atoms with Gasteiger partial charge in [-0.15, -0.1) is 0 Å². The predicted octanol–water partition coefficient (Wildman–Crippen LogP) is 1.99. The Morgan fingerprint density at radius 1 is 1.25 bits per heavy atom. The van der Waals surface area contributed by atoms with E-state index in [-0.39, 0.29) is 37.1 Å². The first-order valence-corrected chi connectivity index (χ1v) is 10.2. The molecule has 2 aliphatic rings. The number of carbonyl (C=O) groups excluding carboxylic acids is 3. The minimum atomic E-state index is -0.219. The van der Waals surface area contributed by atoms with E-state index >= 15 is 0 Å². The molecule has 1 atom stereocenters. The van der Waals surface area contributed by atoms with Crippen LogP contribution in [0.15, 0.2) is 24.3 Å². The Kier molecular flexibility index (Phi) is 7.03. The van der Waals surface area contributed by atoms with Crippen molar-refractivity contribution >= 4 is 29.1 Å². The van der Waals surface area contributed by atoms with E-state index in [0.29, 0.717) is 17.9 Å². The van der Waals surface area contributed by atoms with E-state index in [0.717, 1.165) is 32.0 Å². The van der Waals surface area contributed by atoms with Gasteiger partial charge in [0.2, 0.25) is 17.7 Å². The maximum absolute atomic E-state index is 12.5. The van der Waals surface area contributed by atoms with Crippen molar-refractivity contribution in [1.29, 1.82) is 0 Å². The smallest absolute Gasteiger partial charge is 0.244 e. The third-order valence-electron chi connectivity index (χ3n) is 5.35. The van der Waals surface area contributed by atoms with Crippen LogP contribution in [0, 0.1) is 5.92 Å². The zero-order valence-corrected chi connectivity index (χ0v) is 16.6. The molecule has 1 fully saturated rings. The Balaban J connectivity index is 1.37. The van der Waals surface area contributed by atoms with Crippen LogP contribution >= 0.6 is 0 Å². The molecule has 1 aromatic carbocycles. The Hall–Kier alpha value is -2.41. The van der Waals surface area contributed by atoms with Crippen LogP contribution in [0.5, 0.6) is 0 Å². The number of piperidine rings is 1. The van der Waals surface area contributed by atoms with Crippen molar-refractivity contribution in [3.05, 3.63) is 24.3 Å². The van der Waals surface area contributed by atoms with Crippen molar-refractivity contribution in [3.63, 3.8) is 0 Å². The van der Waals surface area contributed by atoms with E-state index in [1.54, 1.807) is 12.1 Å². The molecule has 1 aromatic rings. The molecule has 7 nitrogen and oxygen atoms in total. The highest BCUT2D eigenvalue weighted by Crippen LogP contribution is 2.29. The van der Waals surface area contributed by atoms with Crippen molar-refractivity contribution in [3.8, 4) is 0 Å². The molecule has 7 heteroatoms. The second-order valence-electron chi connectivity index (χ2n) is 7.80. The van der Waals surface area contributed by atoms with Crippen molar-refractivity contribution in [1.82, 2.24) is 10.2 Å². The molecule has 0 aromatic heterocycles. The SMILES string of the molecule is CC1CCCN(CCCNC(=O)CCC(=O)N2CC(=O)Nc3ccccc32)C1. The molecule has 1 unspecified atom stereocenters. The lowest BCUT2D eigenvalue weighted by Gasteiger charge is -2.30. The van der Waals surface area contributed by atoms with E-state index < -0.39 is 0 Å². The van der Waals surface area contributed by atoms with Gasteiger partial charge in [0.1, 0.15) is 6.54 Å². The first kappa shape index (κ1) is 20.3. The summed E-state index contributed by atoms with van der Waals surface area (Å²) >= 11 is 0. The lowest BCUT2D eigenvalue weighted by atomic mass is 10.0. The number of hydrogen-bond acceptors (Lipinski definition) is 4. The summed E-state index contributed by atoms with van der Waals surface area (Å²) in [6.07, 6.45) is 3.72. The van der Waals surface area contributed by atoms with Gasteiger partial charge in [0.05, 0.1) is 11.4 Å². The number of rotatable bonds is 7. The fourth-order valence-electron chi connectivity index (χ4n) is 3.92. The molecule has 0 radical (unpaired) electrons. The molecule has 1 saturated heterocycles. The van der Waals surface area contributed by atoms with Gasteiger partial charge in [0, 0.05) is 25.9 Å². The summed E-state index contributed by atoms with van der Waals surface area (Å²) in [6, 6.07) is 7.20. The summed E-state index contributed by atoms with van der Waals surface area (Å²) in [7, 11) is 0. The van der Waals surface area contributed by atoms with Crippen molar-refractivity contribution in [2.24, 2.45) is 5.92 Å². The van der Waals surface area contributed by atoms with Crippen molar-refractivity contribution in [2.75, 3.05) is 42.9 Å². The molecule has 0 bridgehead atoms. The number of carbonyl (C=O) groups is 3. The predicted molar refractivity (Wildman–Crippen MR) is 109 cm³/mol. The lowest BCUT2D eigenvalue weighted by molar-refractivity contribution is -0.125. The largest absolute Gasteiger partial charge is 0.356 e. The third-order valence-corrected chi connectivity index (χ3v) is 5.35. The van der Waals surface area contributed by atoms with E-state index in [1.165, 1.54) is 17.7 Å². The first-order valence-electron chi connectivity index (χ1n) is 10.2. The summed E-state index contributed by atoms with van der Waals surface area (Å²) in [6.45, 7) is 6.21. The lowest BCUT2D eigenvalue weighted by Crippen LogP contribution is -2.42. The van der Waals surface area contributed by atoms with Crippen LogP contribution in [0.1, 0.15) is 39.0 Å². The molecule has 3 rings (SSSR count). The molecule has 2 aliphatic heterocycles. The zero-order chi connectivity index (χ0) is 19.9. The molecule has 3 amide bonds. The number of benzene rings is 1. The van der Waals surface area contributed by atoms with Gasteiger partial charge >= 0.3 is 0 Å². The van der Waals surface area contributed by atoms with E-state index in [1.807, 2.05) is 12.1 Å². The van der Waals surface area contributed by atoms with Crippen LogP contribution in [0.3, 0.4) is 0 Å². The second-order valence-corrected chi connectivity index (χ2v) is 7.80. The number of likely N-dealkylation sites (tertiary alicyclic amines) is 1. The molecule has 0 spiro atoms. The summed E-state index contributed by atoms with van der Waals surface area (Å²) < 4.78 is 0. The van der Waals surface area contributed by atoms with Gasteiger partial charge in [0.15, 0.2) is 0 Å². The van der Waals surface area contributed by atoms with Crippen LogP contribution < -0.4 is 15.5 Å². The Labute approximate surface area is 166 Å². The van der Waals surface area contributed by atoms with Crippen molar-refractivity contribution < 1.29 is 14.4 Å². The average molecular weight is 386 g/mol. The number of fused-ring (bicyclic) bond motifs is 1. The minimum Gasteiger partial charge on any atom is -0.356 e. The normalized spacial score (nSPS) is 19.7. The third kappa shape index (κ3) is 5.55. The summed E-state index contributed by atoms with van der Waals surface area (Å²) in [5, 5.41) is 5.66. The molecule has 2 N–H and O–H groups in total. The van der Waals surface area contributed by atoms with Crippen LogP contribution in [-0.4, -0.2) is 55.3 Å². The number of hydrogen-bond donors (Lipinski definition) is 2. The highest BCUT2D eigenvalue weighted by atomic mass is 16.2. The summed E-state index contributed by atoms with van der Waals surface area (Å²) in [5.74, 6) is 0.217. The number of anilines is 2. The Morgan fingerprint density at radius 2 is 2.07 bits per heavy atom. The monoisotopic (exact) mass is 386 g/mol. The van der Waals surface area contributed by atoms with E-state index in [4.69, 9.17) is 0 Å². The minimum absolute atomic E-state index is 0.00821. The number of nitrogens with zero attached hydrogens (tertiary/aromatic N) is 2. The number of nitrogens with one attached hydrogen (secondary N) is 2. The zero-order valence-electron chi connectivity index (χ0n) is 16.6. The van der Waals surface area contributed by atoms with Crippen LogP contribution in [-0.2, 0) is 14.4 Å². The highest BCUT2D eigenvalue weighted by molar-refractivity contribution is 6.10. The molecule has 2 heterocycles. The summed E-state index contributed by atoms with van der Waals surface area (Å²) in [5.41, 5.74) is 1.31. The maximum Gasteiger partial charge on any atom is 0.244 e. The standard InChI is InChI=1S/C21H30N4O3/c1-16-6-4-12-24(14-16)13-5-11-22-19(26)9-10-21(28)25-15-20(27)23-17-7-2-3-8-18(17)25/h2-3,7-8,16H,4-6,9-15H2,1H3,(H,22,26)(H,23,27). The Morgan fingerprint density at radius 3 is 2.89 bits per heavy atom. The average Bonchev–Trinajstić information content (AvgIpc) is 2.69. The van der Waals surface area contributed by atoms with Gasteiger partial charge in [-0.2, -0.15) is 0 Å². The molecular formula is C21H30N4O3. The highest BCUT2D eigenvalue weighted by Gasteiger charge is 2.26. The van der Waals surface area contributed by atoms with Crippen LogP contribution in [0.4, 0.5) is 11.4 Å². The Bertz CT molecular complexity index is 721. The maximum atomic E-state index is 12.5. The van der Waals surface area contributed by atoms with Gasteiger partial charge in [-0.05, 0) is 50.4 Å².